The molecule has 1 N–H and O–H groups in total. The maximum atomic E-state index is 13.3. The van der Waals surface area contributed by atoms with Crippen molar-refractivity contribution in [3.05, 3.63) is 82.3 Å². The summed E-state index contributed by atoms with van der Waals surface area (Å²) in [7, 11) is -1.18. The van der Waals surface area contributed by atoms with Gasteiger partial charge in [-0.25, -0.2) is 13.5 Å². The first-order valence-corrected chi connectivity index (χ1v) is 12.9. The lowest BCUT2D eigenvalue weighted by Gasteiger charge is -2.31. The van der Waals surface area contributed by atoms with Crippen LogP contribution in [0.5, 0.6) is 0 Å². The van der Waals surface area contributed by atoms with E-state index in [2.05, 4.69) is 41.7 Å². The van der Waals surface area contributed by atoms with Crippen molar-refractivity contribution in [2.75, 3.05) is 18.4 Å². The number of piperidine rings is 1. The van der Waals surface area contributed by atoms with Crippen LogP contribution in [0, 0.1) is 6.92 Å². The van der Waals surface area contributed by atoms with Crippen molar-refractivity contribution < 1.29 is 4.21 Å². The second-order valence-corrected chi connectivity index (χ2v) is 10.6. The molecular weight excluding hydrogens is 500 g/mol. The fourth-order valence-electron chi connectivity index (χ4n) is 4.19. The Morgan fingerprint density at radius 2 is 2.12 bits per heavy atom. The lowest BCUT2D eigenvalue weighted by Crippen LogP contribution is -2.36. The smallest absolute Gasteiger partial charge is 0.171 e. The Morgan fingerprint density at radius 3 is 2.94 bits per heavy atom. The van der Waals surface area contributed by atoms with E-state index in [9.17, 15) is 4.21 Å². The molecule has 0 saturated carbocycles. The lowest BCUT2D eigenvalue weighted by atomic mass is 9.96. The summed E-state index contributed by atoms with van der Waals surface area (Å²) in [5.74, 6) is 1.07. The Labute approximate surface area is 204 Å². The number of benzene rings is 1. The van der Waals surface area contributed by atoms with Gasteiger partial charge >= 0.3 is 0 Å². The molecule has 1 aliphatic rings. The number of pyridine rings is 1. The number of hydrogen-bond donors (Lipinski definition) is 1. The Balaban J connectivity index is 1.41. The van der Waals surface area contributed by atoms with Crippen LogP contribution in [0.25, 0.3) is 5.65 Å². The van der Waals surface area contributed by atoms with Gasteiger partial charge in [0, 0.05) is 44.0 Å². The summed E-state index contributed by atoms with van der Waals surface area (Å²) in [6, 6.07) is 14.0. The summed E-state index contributed by atoms with van der Waals surface area (Å²) in [6.07, 6.45) is 7.38. The van der Waals surface area contributed by atoms with Crippen LogP contribution in [-0.4, -0.2) is 41.2 Å². The molecule has 1 fully saturated rings. The van der Waals surface area contributed by atoms with Crippen LogP contribution in [0.4, 0.5) is 5.82 Å². The highest BCUT2D eigenvalue weighted by atomic mass is 79.9. The summed E-state index contributed by atoms with van der Waals surface area (Å²) in [6.45, 7) is 4.19. The summed E-state index contributed by atoms with van der Waals surface area (Å²) in [5.41, 5.74) is 3.98. The van der Waals surface area contributed by atoms with E-state index in [1.807, 2.05) is 54.0 Å². The van der Waals surface area contributed by atoms with Gasteiger partial charge in [0.15, 0.2) is 5.65 Å². The van der Waals surface area contributed by atoms with Crippen LogP contribution in [0.15, 0.2) is 70.4 Å². The molecule has 3 aromatic heterocycles. The van der Waals surface area contributed by atoms with Crippen molar-refractivity contribution in [2.24, 2.45) is 0 Å². The normalized spacial score (nSPS) is 17.8. The molecule has 1 aliphatic heterocycles. The molecule has 4 aromatic rings. The molecule has 33 heavy (non-hydrogen) atoms. The first-order chi connectivity index (χ1) is 16.1. The highest BCUT2D eigenvalue weighted by Crippen LogP contribution is 2.31. The molecule has 0 bridgehead atoms. The molecule has 5 rings (SSSR count). The Morgan fingerprint density at radius 1 is 1.21 bits per heavy atom. The van der Waals surface area contributed by atoms with Crippen molar-refractivity contribution in [1.82, 2.24) is 23.9 Å². The van der Waals surface area contributed by atoms with Crippen LogP contribution in [0.3, 0.4) is 0 Å². The van der Waals surface area contributed by atoms with Crippen molar-refractivity contribution >= 4 is 38.4 Å². The van der Waals surface area contributed by atoms with Gasteiger partial charge < -0.3 is 5.32 Å². The molecule has 1 saturated heterocycles. The van der Waals surface area contributed by atoms with E-state index in [1.165, 1.54) is 0 Å². The minimum absolute atomic E-state index is 0.193. The zero-order chi connectivity index (χ0) is 22.8. The predicted octanol–water partition coefficient (Wildman–Crippen LogP) is 4.71. The van der Waals surface area contributed by atoms with Gasteiger partial charge in [-0.15, -0.1) is 0 Å². The first-order valence-electron chi connectivity index (χ1n) is 11.0. The zero-order valence-corrected chi connectivity index (χ0v) is 20.7. The van der Waals surface area contributed by atoms with Crippen molar-refractivity contribution in [1.29, 1.82) is 0 Å². The number of hydrogen-bond acceptors (Lipinski definition) is 5. The molecule has 2 atom stereocenters. The quantitative estimate of drug-likeness (QED) is 0.395. The number of aryl methyl sites for hydroxylation is 1. The number of rotatable bonds is 6. The zero-order valence-electron chi connectivity index (χ0n) is 18.3. The number of nitrogens with zero attached hydrogens (tertiary/aromatic N) is 5. The summed E-state index contributed by atoms with van der Waals surface area (Å²) in [4.78, 5) is 9.98. The monoisotopic (exact) mass is 524 g/mol. The standard InChI is InChI=1S/C24H25BrN6OS/c1-17-5-2-8-20(11-17)33(32)30-10-4-7-19(16-30)22-12-23(27-14-18-6-3-9-26-13-18)31-24(29-22)21(25)15-28-31/h2-3,5-6,8-9,11-13,15,19,27H,4,7,10,14,16H2,1H3. The third-order valence-corrected chi connectivity index (χ3v) is 7.89. The largest absolute Gasteiger partial charge is 0.366 e. The van der Waals surface area contributed by atoms with Crippen LogP contribution in [0.2, 0.25) is 0 Å². The highest BCUT2D eigenvalue weighted by molar-refractivity contribution is 9.10. The minimum Gasteiger partial charge on any atom is -0.366 e. The van der Waals surface area contributed by atoms with Gasteiger partial charge in [-0.05, 0) is 65.0 Å². The molecule has 0 radical (unpaired) electrons. The van der Waals surface area contributed by atoms with Crippen LogP contribution < -0.4 is 5.32 Å². The van der Waals surface area contributed by atoms with E-state index in [0.717, 1.165) is 57.0 Å². The third kappa shape index (κ3) is 4.85. The van der Waals surface area contributed by atoms with Crippen LogP contribution in [-0.2, 0) is 17.5 Å². The third-order valence-electron chi connectivity index (χ3n) is 5.87. The van der Waals surface area contributed by atoms with Crippen molar-refractivity contribution in [2.45, 2.75) is 37.1 Å². The fraction of sp³-hybridized carbons (Fsp3) is 0.292. The number of aromatic nitrogens is 4. The summed E-state index contributed by atoms with van der Waals surface area (Å²) < 4.78 is 18.0. The van der Waals surface area contributed by atoms with E-state index in [1.54, 1.807) is 12.4 Å². The average Bonchev–Trinajstić information content (AvgIpc) is 3.23. The van der Waals surface area contributed by atoms with Gasteiger partial charge in [0.05, 0.1) is 21.3 Å². The Hall–Kier alpha value is -2.62. The van der Waals surface area contributed by atoms with E-state index in [0.29, 0.717) is 13.1 Å². The van der Waals surface area contributed by atoms with Crippen LogP contribution >= 0.6 is 15.9 Å². The van der Waals surface area contributed by atoms with E-state index < -0.39 is 11.0 Å². The molecule has 0 amide bonds. The molecule has 0 spiro atoms. The number of halogens is 1. The van der Waals surface area contributed by atoms with Gasteiger partial charge in [0.2, 0.25) is 0 Å². The maximum Gasteiger partial charge on any atom is 0.171 e. The van der Waals surface area contributed by atoms with Gasteiger partial charge in [-0.3, -0.25) is 4.98 Å². The summed E-state index contributed by atoms with van der Waals surface area (Å²) >= 11 is 3.59. The summed E-state index contributed by atoms with van der Waals surface area (Å²) in [5, 5.41) is 7.97. The molecule has 7 nitrogen and oxygen atoms in total. The first kappa shape index (κ1) is 22.2. The molecule has 1 aromatic carbocycles. The second kappa shape index (κ2) is 9.70. The minimum atomic E-state index is -1.18. The fourth-order valence-corrected chi connectivity index (χ4v) is 5.93. The van der Waals surface area contributed by atoms with E-state index in [-0.39, 0.29) is 5.92 Å². The molecule has 2 unspecified atom stereocenters. The number of anilines is 1. The Kier molecular flexibility index (Phi) is 6.52. The SMILES string of the molecule is Cc1cccc(S(=O)N2CCCC(c3cc(NCc4cccnc4)n4ncc(Br)c4n3)C2)c1. The van der Waals surface area contributed by atoms with Gasteiger partial charge in [-0.1, -0.05) is 18.2 Å². The van der Waals surface area contributed by atoms with Crippen LogP contribution in [0.1, 0.15) is 35.6 Å². The van der Waals surface area contributed by atoms with E-state index in [4.69, 9.17) is 4.98 Å². The second-order valence-electron chi connectivity index (χ2n) is 8.30. The Bertz CT molecular complexity index is 1290. The molecule has 170 valence electrons. The lowest BCUT2D eigenvalue weighted by molar-refractivity contribution is 0.327. The van der Waals surface area contributed by atoms with Gasteiger partial charge in [0.1, 0.15) is 16.8 Å². The van der Waals surface area contributed by atoms with E-state index >= 15 is 0 Å². The number of nitrogens with one attached hydrogen (secondary N) is 1. The molecule has 9 heteroatoms. The highest BCUT2D eigenvalue weighted by Gasteiger charge is 2.27. The number of fused-ring (bicyclic) bond motifs is 1. The van der Waals surface area contributed by atoms with Crippen molar-refractivity contribution in [3.8, 4) is 0 Å². The topological polar surface area (TPSA) is 75.4 Å². The van der Waals surface area contributed by atoms with Gasteiger partial charge in [-0.2, -0.15) is 9.61 Å². The molecular formula is C24H25BrN6OS. The maximum absolute atomic E-state index is 13.3. The molecule has 0 aliphatic carbocycles. The molecule has 4 heterocycles. The average molecular weight is 525 g/mol. The predicted molar refractivity (Wildman–Crippen MR) is 133 cm³/mol. The van der Waals surface area contributed by atoms with Crippen molar-refractivity contribution in [3.63, 3.8) is 0 Å². The van der Waals surface area contributed by atoms with Gasteiger partial charge in [0.25, 0.3) is 0 Å².